The summed E-state index contributed by atoms with van der Waals surface area (Å²) in [6.07, 6.45) is 3.82. The Bertz CT molecular complexity index is 159. The van der Waals surface area contributed by atoms with Crippen LogP contribution in [0.5, 0.6) is 0 Å². The van der Waals surface area contributed by atoms with Crippen molar-refractivity contribution >= 4 is 0 Å². The molecule has 3 nitrogen and oxygen atoms in total. The Hall–Kier alpha value is -0.120. The lowest BCUT2D eigenvalue weighted by Crippen LogP contribution is -2.39. The predicted octanol–water partition coefficient (Wildman–Crippen LogP) is 1.82. The van der Waals surface area contributed by atoms with Crippen molar-refractivity contribution < 1.29 is 9.47 Å². The van der Waals surface area contributed by atoms with Gasteiger partial charge in [0, 0.05) is 26.4 Å². The number of rotatable bonds is 6. The Balaban J connectivity index is 2.34. The molecule has 0 aliphatic carbocycles. The second kappa shape index (κ2) is 6.46. The first-order chi connectivity index (χ1) is 7.18. The summed E-state index contributed by atoms with van der Waals surface area (Å²) in [5.74, 6) is 0. The fourth-order valence-electron chi connectivity index (χ4n) is 2.21. The predicted molar refractivity (Wildman–Crippen MR) is 62.1 cm³/mol. The zero-order chi connectivity index (χ0) is 11.1. The van der Waals surface area contributed by atoms with E-state index in [1.165, 1.54) is 0 Å². The van der Waals surface area contributed by atoms with Crippen molar-refractivity contribution in [1.82, 2.24) is 5.32 Å². The smallest absolute Gasteiger partial charge is 0.0518 e. The van der Waals surface area contributed by atoms with Crippen LogP contribution in [0.25, 0.3) is 0 Å². The molecule has 1 aliphatic heterocycles. The second-order valence-corrected chi connectivity index (χ2v) is 4.81. The van der Waals surface area contributed by atoms with Crippen LogP contribution in [0, 0.1) is 5.41 Å². The molecule has 0 atom stereocenters. The number of hydrogen-bond donors (Lipinski definition) is 1. The van der Waals surface area contributed by atoms with Crippen LogP contribution < -0.4 is 5.32 Å². The minimum absolute atomic E-state index is 0.344. The Morgan fingerprint density at radius 1 is 1.33 bits per heavy atom. The third-order valence-electron chi connectivity index (χ3n) is 3.19. The van der Waals surface area contributed by atoms with E-state index in [-0.39, 0.29) is 0 Å². The maximum absolute atomic E-state index is 5.65. The van der Waals surface area contributed by atoms with Gasteiger partial charge in [-0.05, 0) is 45.6 Å². The number of nitrogens with one attached hydrogen (secondary N) is 1. The van der Waals surface area contributed by atoms with Crippen LogP contribution in [-0.2, 0) is 9.47 Å². The fraction of sp³-hybridized carbons (Fsp3) is 1.00. The summed E-state index contributed by atoms with van der Waals surface area (Å²) in [7, 11) is 2.03. The van der Waals surface area contributed by atoms with Crippen LogP contribution in [0.1, 0.15) is 33.1 Å². The molecule has 0 saturated carbocycles. The van der Waals surface area contributed by atoms with E-state index in [1.807, 2.05) is 7.05 Å². The van der Waals surface area contributed by atoms with Crippen LogP contribution in [0.4, 0.5) is 0 Å². The molecule has 1 fully saturated rings. The normalized spacial score (nSPS) is 20.8. The third kappa shape index (κ3) is 4.49. The molecule has 1 saturated heterocycles. The van der Waals surface area contributed by atoms with E-state index >= 15 is 0 Å². The molecular weight excluding hydrogens is 190 g/mol. The maximum Gasteiger partial charge on any atom is 0.0518 e. The average molecular weight is 215 g/mol. The van der Waals surface area contributed by atoms with Crippen molar-refractivity contribution in [2.24, 2.45) is 5.41 Å². The summed E-state index contributed by atoms with van der Waals surface area (Å²) in [6, 6.07) is 0. The molecule has 0 amide bonds. The van der Waals surface area contributed by atoms with Gasteiger partial charge in [-0.3, -0.25) is 0 Å². The average Bonchev–Trinajstić information content (AvgIpc) is 2.19. The van der Waals surface area contributed by atoms with Gasteiger partial charge in [-0.25, -0.2) is 0 Å². The Kier molecular flexibility index (Phi) is 5.58. The molecule has 0 bridgehead atoms. The van der Waals surface area contributed by atoms with Crippen LogP contribution >= 0.6 is 0 Å². The van der Waals surface area contributed by atoms with Gasteiger partial charge in [-0.2, -0.15) is 0 Å². The summed E-state index contributed by atoms with van der Waals surface area (Å²) < 4.78 is 11.1. The Morgan fingerprint density at radius 2 is 2.00 bits per heavy atom. The Morgan fingerprint density at radius 3 is 2.53 bits per heavy atom. The molecule has 0 aromatic heterocycles. The summed E-state index contributed by atoms with van der Waals surface area (Å²) in [5.41, 5.74) is 0.405. The topological polar surface area (TPSA) is 30.5 Å². The zero-order valence-corrected chi connectivity index (χ0v) is 10.3. The first-order valence-corrected chi connectivity index (χ1v) is 6.02. The molecule has 1 heterocycles. The van der Waals surface area contributed by atoms with Crippen molar-refractivity contribution in [3.63, 3.8) is 0 Å². The molecule has 15 heavy (non-hydrogen) atoms. The van der Waals surface area contributed by atoms with Gasteiger partial charge in [-0.15, -0.1) is 0 Å². The molecule has 0 aromatic carbocycles. The first-order valence-electron chi connectivity index (χ1n) is 6.02. The minimum Gasteiger partial charge on any atom is -0.381 e. The summed E-state index contributed by atoms with van der Waals surface area (Å²) in [5, 5.41) is 3.31. The molecule has 0 aromatic rings. The molecule has 3 heteroatoms. The quantitative estimate of drug-likeness (QED) is 0.733. The van der Waals surface area contributed by atoms with E-state index in [2.05, 4.69) is 19.2 Å². The van der Waals surface area contributed by atoms with Gasteiger partial charge >= 0.3 is 0 Å². The van der Waals surface area contributed by atoms with Crippen LogP contribution in [0.15, 0.2) is 0 Å². The molecule has 1 rings (SSSR count). The highest BCUT2D eigenvalue weighted by Crippen LogP contribution is 2.33. The minimum atomic E-state index is 0.344. The molecule has 0 radical (unpaired) electrons. The molecule has 90 valence electrons. The van der Waals surface area contributed by atoms with E-state index in [1.54, 1.807) is 0 Å². The van der Waals surface area contributed by atoms with Crippen molar-refractivity contribution in [2.45, 2.75) is 39.2 Å². The van der Waals surface area contributed by atoms with E-state index in [0.717, 1.165) is 45.6 Å². The molecular formula is C12H25NO2. The van der Waals surface area contributed by atoms with Crippen LogP contribution in [0.3, 0.4) is 0 Å². The summed E-state index contributed by atoms with van der Waals surface area (Å²) in [4.78, 5) is 0. The van der Waals surface area contributed by atoms with E-state index in [4.69, 9.17) is 9.47 Å². The fourth-order valence-corrected chi connectivity index (χ4v) is 2.21. The van der Waals surface area contributed by atoms with Crippen molar-refractivity contribution in [3.05, 3.63) is 0 Å². The highest BCUT2D eigenvalue weighted by molar-refractivity contribution is 4.83. The highest BCUT2D eigenvalue weighted by Gasteiger charge is 2.31. The maximum atomic E-state index is 5.65. The van der Waals surface area contributed by atoms with Crippen LogP contribution in [0.2, 0.25) is 0 Å². The van der Waals surface area contributed by atoms with Gasteiger partial charge in [-0.1, -0.05) is 0 Å². The summed E-state index contributed by atoms with van der Waals surface area (Å²) >= 11 is 0. The van der Waals surface area contributed by atoms with Gasteiger partial charge in [0.1, 0.15) is 0 Å². The Labute approximate surface area is 93.5 Å². The molecule has 0 unspecified atom stereocenters. The lowest BCUT2D eigenvalue weighted by Gasteiger charge is -2.37. The second-order valence-electron chi connectivity index (χ2n) is 4.81. The van der Waals surface area contributed by atoms with Crippen molar-refractivity contribution in [3.8, 4) is 0 Å². The summed E-state index contributed by atoms with van der Waals surface area (Å²) in [6.45, 7) is 7.95. The lowest BCUT2D eigenvalue weighted by molar-refractivity contribution is -0.0137. The van der Waals surface area contributed by atoms with Crippen molar-refractivity contribution in [1.29, 1.82) is 0 Å². The molecule has 1 N–H and O–H groups in total. The SMILES string of the molecule is CNCC1(CCOC(C)C)CCOCC1. The van der Waals surface area contributed by atoms with Gasteiger partial charge in [0.25, 0.3) is 0 Å². The van der Waals surface area contributed by atoms with Gasteiger partial charge in [0.15, 0.2) is 0 Å². The lowest BCUT2D eigenvalue weighted by atomic mass is 9.77. The van der Waals surface area contributed by atoms with E-state index < -0.39 is 0 Å². The van der Waals surface area contributed by atoms with Gasteiger partial charge in [0.05, 0.1) is 6.10 Å². The molecule has 0 spiro atoms. The van der Waals surface area contributed by atoms with Crippen molar-refractivity contribution in [2.75, 3.05) is 33.4 Å². The molecule has 1 aliphatic rings. The first kappa shape index (κ1) is 12.9. The van der Waals surface area contributed by atoms with Crippen LogP contribution in [-0.4, -0.2) is 39.5 Å². The van der Waals surface area contributed by atoms with Gasteiger partial charge in [0.2, 0.25) is 0 Å². The zero-order valence-electron chi connectivity index (χ0n) is 10.3. The number of hydrogen-bond acceptors (Lipinski definition) is 3. The van der Waals surface area contributed by atoms with E-state index in [9.17, 15) is 0 Å². The highest BCUT2D eigenvalue weighted by atomic mass is 16.5. The monoisotopic (exact) mass is 215 g/mol. The number of ether oxygens (including phenoxy) is 2. The van der Waals surface area contributed by atoms with Gasteiger partial charge < -0.3 is 14.8 Å². The third-order valence-corrected chi connectivity index (χ3v) is 3.19. The largest absolute Gasteiger partial charge is 0.381 e. The van der Waals surface area contributed by atoms with E-state index in [0.29, 0.717) is 11.5 Å². The standard InChI is InChI=1S/C12H25NO2/c1-11(2)15-9-6-12(10-13-3)4-7-14-8-5-12/h11,13H,4-10H2,1-3H3.